The molecule has 0 bridgehead atoms. The minimum absolute atomic E-state index is 0.0491. The van der Waals surface area contributed by atoms with Crippen LogP contribution in [-0.2, 0) is 4.79 Å². The van der Waals surface area contributed by atoms with Crippen molar-refractivity contribution in [1.82, 2.24) is 10.2 Å². The third-order valence-corrected chi connectivity index (χ3v) is 4.34. The molecular formula is C17H23F2N3O2. The summed E-state index contributed by atoms with van der Waals surface area (Å²) in [7, 11) is 0. The van der Waals surface area contributed by atoms with Gasteiger partial charge in [-0.3, -0.25) is 4.79 Å². The zero-order valence-electron chi connectivity index (χ0n) is 13.7. The number of primary amides is 1. The number of carbonyl (C=O) groups is 2. The summed E-state index contributed by atoms with van der Waals surface area (Å²) in [6.45, 7) is 2.81. The maximum atomic E-state index is 13.9. The zero-order valence-corrected chi connectivity index (χ0v) is 13.7. The van der Waals surface area contributed by atoms with Gasteiger partial charge in [-0.25, -0.2) is 13.6 Å². The topological polar surface area (TPSA) is 75.4 Å². The molecule has 1 aromatic rings. The summed E-state index contributed by atoms with van der Waals surface area (Å²) >= 11 is 0. The summed E-state index contributed by atoms with van der Waals surface area (Å²) in [6.07, 6.45) is 2.32. The molecule has 1 heterocycles. The molecule has 24 heavy (non-hydrogen) atoms. The fourth-order valence-electron chi connectivity index (χ4n) is 3.12. The molecule has 0 radical (unpaired) electrons. The monoisotopic (exact) mass is 339 g/mol. The number of piperidine rings is 1. The average Bonchev–Trinajstić information content (AvgIpc) is 2.54. The van der Waals surface area contributed by atoms with Crippen molar-refractivity contribution in [2.24, 2.45) is 11.7 Å². The van der Waals surface area contributed by atoms with E-state index in [1.54, 1.807) is 11.8 Å². The maximum absolute atomic E-state index is 13.9. The first-order valence-electron chi connectivity index (χ1n) is 8.19. The third-order valence-electron chi connectivity index (χ3n) is 4.34. The highest BCUT2D eigenvalue weighted by Gasteiger charge is 2.26. The molecule has 3 N–H and O–H groups in total. The molecule has 2 rings (SSSR count). The molecule has 1 aromatic carbocycles. The number of halogens is 2. The van der Waals surface area contributed by atoms with Gasteiger partial charge in [0.1, 0.15) is 11.6 Å². The van der Waals surface area contributed by atoms with E-state index < -0.39 is 17.7 Å². The van der Waals surface area contributed by atoms with Crippen LogP contribution in [0.15, 0.2) is 18.2 Å². The average molecular weight is 339 g/mol. The van der Waals surface area contributed by atoms with Crippen molar-refractivity contribution in [2.75, 3.05) is 13.1 Å². The largest absolute Gasteiger partial charge is 0.370 e. The predicted molar refractivity (Wildman–Crippen MR) is 86.0 cm³/mol. The molecule has 1 aliphatic rings. The number of hydrogen-bond donors (Lipinski definition) is 2. The van der Waals surface area contributed by atoms with Crippen molar-refractivity contribution in [3.8, 4) is 0 Å². The lowest BCUT2D eigenvalue weighted by Gasteiger charge is -2.33. The quantitative estimate of drug-likeness (QED) is 0.865. The van der Waals surface area contributed by atoms with Gasteiger partial charge < -0.3 is 16.0 Å². The SMILES string of the molecule is CCC(NC(=O)N1CCCC(CC(N)=O)C1)c1cc(F)ccc1F. The second-order valence-electron chi connectivity index (χ2n) is 6.20. The Kier molecular flexibility index (Phi) is 6.11. The van der Waals surface area contributed by atoms with Crippen LogP contribution >= 0.6 is 0 Å². The Bertz CT molecular complexity index is 609. The van der Waals surface area contributed by atoms with Crippen molar-refractivity contribution < 1.29 is 18.4 Å². The van der Waals surface area contributed by atoms with Gasteiger partial charge in [-0.2, -0.15) is 0 Å². The van der Waals surface area contributed by atoms with Crippen LogP contribution in [0.3, 0.4) is 0 Å². The molecule has 0 saturated carbocycles. The van der Waals surface area contributed by atoms with Gasteiger partial charge in [-0.1, -0.05) is 6.92 Å². The normalized spacial score (nSPS) is 19.0. The standard InChI is InChI=1S/C17H23F2N3O2/c1-2-15(13-9-12(18)5-6-14(13)19)21-17(24)22-7-3-4-11(10-22)8-16(20)23/h5-6,9,11,15H,2-4,7-8,10H2,1H3,(H2,20,23)(H,21,24). The summed E-state index contributed by atoms with van der Waals surface area (Å²) in [5.74, 6) is -1.42. The summed E-state index contributed by atoms with van der Waals surface area (Å²) in [4.78, 5) is 25.1. The number of rotatable bonds is 5. The van der Waals surface area contributed by atoms with Crippen LogP contribution in [0.2, 0.25) is 0 Å². The van der Waals surface area contributed by atoms with Gasteiger partial charge in [0.05, 0.1) is 6.04 Å². The molecule has 0 spiro atoms. The second-order valence-corrected chi connectivity index (χ2v) is 6.20. The van der Waals surface area contributed by atoms with Crippen LogP contribution in [0.25, 0.3) is 0 Å². The maximum Gasteiger partial charge on any atom is 0.317 e. The molecule has 0 aliphatic carbocycles. The van der Waals surface area contributed by atoms with Crippen LogP contribution in [0.1, 0.15) is 44.2 Å². The van der Waals surface area contributed by atoms with Gasteiger partial charge in [0.2, 0.25) is 5.91 Å². The lowest BCUT2D eigenvalue weighted by atomic mass is 9.95. The smallest absolute Gasteiger partial charge is 0.317 e. The number of likely N-dealkylation sites (tertiary alicyclic amines) is 1. The molecule has 7 heteroatoms. The molecule has 1 aliphatic heterocycles. The summed E-state index contributed by atoms with van der Waals surface area (Å²) in [5.41, 5.74) is 5.35. The minimum Gasteiger partial charge on any atom is -0.370 e. The highest BCUT2D eigenvalue weighted by molar-refractivity contribution is 5.76. The highest BCUT2D eigenvalue weighted by atomic mass is 19.1. The van der Waals surface area contributed by atoms with E-state index in [4.69, 9.17) is 5.73 Å². The van der Waals surface area contributed by atoms with Crippen LogP contribution in [0.4, 0.5) is 13.6 Å². The van der Waals surface area contributed by atoms with E-state index in [2.05, 4.69) is 5.32 Å². The van der Waals surface area contributed by atoms with Crippen LogP contribution in [0, 0.1) is 17.6 Å². The molecule has 5 nitrogen and oxygen atoms in total. The van der Waals surface area contributed by atoms with Gasteiger partial charge in [-0.05, 0) is 43.4 Å². The van der Waals surface area contributed by atoms with E-state index in [1.807, 2.05) is 0 Å². The Morgan fingerprint density at radius 3 is 2.83 bits per heavy atom. The highest BCUT2D eigenvalue weighted by Crippen LogP contribution is 2.23. The molecule has 132 valence electrons. The Labute approximate surface area is 140 Å². The third kappa shape index (κ3) is 4.66. The van der Waals surface area contributed by atoms with E-state index in [0.717, 1.165) is 31.0 Å². The van der Waals surface area contributed by atoms with Crippen molar-refractivity contribution >= 4 is 11.9 Å². The lowest BCUT2D eigenvalue weighted by Crippen LogP contribution is -2.47. The fraction of sp³-hybridized carbons (Fsp3) is 0.529. The first-order valence-corrected chi connectivity index (χ1v) is 8.19. The Morgan fingerprint density at radius 1 is 1.42 bits per heavy atom. The summed E-state index contributed by atoms with van der Waals surface area (Å²) < 4.78 is 27.3. The van der Waals surface area contributed by atoms with E-state index in [0.29, 0.717) is 19.5 Å². The Hall–Kier alpha value is -2.18. The number of hydrogen-bond acceptors (Lipinski definition) is 2. The molecule has 0 aromatic heterocycles. The van der Waals surface area contributed by atoms with Gasteiger partial charge in [-0.15, -0.1) is 0 Å². The molecule has 2 unspecified atom stereocenters. The summed E-state index contributed by atoms with van der Waals surface area (Å²) in [5, 5.41) is 2.76. The molecule has 3 amide bonds. The van der Waals surface area contributed by atoms with Crippen LogP contribution in [-0.4, -0.2) is 29.9 Å². The number of nitrogens with two attached hydrogens (primary N) is 1. The van der Waals surface area contributed by atoms with Gasteiger partial charge in [0.15, 0.2) is 0 Å². The first-order chi connectivity index (χ1) is 11.4. The number of carbonyl (C=O) groups excluding carboxylic acids is 2. The number of nitrogens with zero attached hydrogens (tertiary/aromatic N) is 1. The van der Waals surface area contributed by atoms with E-state index in [9.17, 15) is 18.4 Å². The molecular weight excluding hydrogens is 316 g/mol. The lowest BCUT2D eigenvalue weighted by molar-refractivity contribution is -0.119. The number of urea groups is 1. The second kappa shape index (κ2) is 8.08. The van der Waals surface area contributed by atoms with Gasteiger partial charge >= 0.3 is 6.03 Å². The van der Waals surface area contributed by atoms with Crippen molar-refractivity contribution in [1.29, 1.82) is 0 Å². The van der Waals surface area contributed by atoms with Crippen molar-refractivity contribution in [3.63, 3.8) is 0 Å². The molecule has 1 saturated heterocycles. The predicted octanol–water partition coefficient (Wildman–Crippen LogP) is 2.71. The number of amides is 3. The van der Waals surface area contributed by atoms with Crippen LogP contribution < -0.4 is 11.1 Å². The molecule has 2 atom stereocenters. The fourth-order valence-corrected chi connectivity index (χ4v) is 3.12. The number of benzene rings is 1. The summed E-state index contributed by atoms with van der Waals surface area (Å²) in [6, 6.07) is 2.27. The van der Waals surface area contributed by atoms with Gasteiger partial charge in [0.25, 0.3) is 0 Å². The van der Waals surface area contributed by atoms with Crippen molar-refractivity contribution in [2.45, 2.75) is 38.6 Å². The van der Waals surface area contributed by atoms with Crippen LogP contribution in [0.5, 0.6) is 0 Å². The van der Waals surface area contributed by atoms with E-state index >= 15 is 0 Å². The van der Waals surface area contributed by atoms with E-state index in [1.165, 1.54) is 0 Å². The van der Waals surface area contributed by atoms with Crippen molar-refractivity contribution in [3.05, 3.63) is 35.4 Å². The minimum atomic E-state index is -0.607. The van der Waals surface area contributed by atoms with Gasteiger partial charge in [0, 0.05) is 25.1 Å². The zero-order chi connectivity index (χ0) is 17.7. The first kappa shape index (κ1) is 18.2. The molecule has 1 fully saturated rings. The Balaban J connectivity index is 2.03. The van der Waals surface area contributed by atoms with E-state index in [-0.39, 0.29) is 29.8 Å². The Morgan fingerprint density at radius 2 is 2.17 bits per heavy atom. The number of nitrogens with one attached hydrogen (secondary N) is 1.